The van der Waals surface area contributed by atoms with Crippen LogP contribution in [0.3, 0.4) is 0 Å². The van der Waals surface area contributed by atoms with Crippen molar-refractivity contribution in [3.63, 3.8) is 0 Å². The molecule has 0 aliphatic carbocycles. The van der Waals surface area contributed by atoms with Crippen LogP contribution in [-0.4, -0.2) is 24.0 Å². The van der Waals surface area contributed by atoms with Gasteiger partial charge in [-0.15, -0.1) is 24.0 Å². The highest BCUT2D eigenvalue weighted by Gasteiger charge is 2.21. The molecule has 2 N–H and O–H groups in total. The second-order valence-corrected chi connectivity index (χ2v) is 7.61. The van der Waals surface area contributed by atoms with Gasteiger partial charge in [0.25, 0.3) is 0 Å². The van der Waals surface area contributed by atoms with Crippen LogP contribution in [0.4, 0.5) is 0 Å². The Hall–Kier alpha value is -1.09. The average Bonchev–Trinajstić information content (AvgIpc) is 2.88. The summed E-state index contributed by atoms with van der Waals surface area (Å²) in [6.45, 7) is 12.3. The lowest BCUT2D eigenvalue weighted by Crippen LogP contribution is -2.43. The maximum Gasteiger partial charge on any atom is 0.216 e. The number of aryl methyl sites for hydroxylation is 2. The van der Waals surface area contributed by atoms with Crippen LogP contribution in [0, 0.1) is 13.8 Å². The predicted octanol–water partition coefficient (Wildman–Crippen LogP) is 4.70. The minimum atomic E-state index is -0.0317. The van der Waals surface area contributed by atoms with Gasteiger partial charge < -0.3 is 15.1 Å². The molecule has 26 heavy (non-hydrogen) atoms. The first kappa shape index (κ1) is 23.0. The second-order valence-electron chi connectivity index (χ2n) is 6.69. The Labute approximate surface area is 181 Å². The van der Waals surface area contributed by atoms with Gasteiger partial charge in [0, 0.05) is 23.0 Å². The summed E-state index contributed by atoms with van der Waals surface area (Å²) in [7, 11) is 0. The van der Waals surface area contributed by atoms with E-state index in [-0.39, 0.29) is 29.4 Å². The van der Waals surface area contributed by atoms with E-state index in [1.807, 2.05) is 19.9 Å². The summed E-state index contributed by atoms with van der Waals surface area (Å²) in [6, 6.07) is 8.41. The Balaban J connectivity index is 0.00000338. The molecule has 1 aromatic carbocycles. The first-order valence-corrected chi connectivity index (χ1v) is 9.32. The summed E-state index contributed by atoms with van der Waals surface area (Å²) in [4.78, 5) is 8.96. The monoisotopic (exact) mass is 534 g/mol. The number of rotatable bonds is 6. The van der Waals surface area contributed by atoms with Crippen LogP contribution in [0.1, 0.15) is 43.7 Å². The maximum atomic E-state index is 5.59. The molecule has 0 amide bonds. The molecule has 0 aliphatic heterocycles. The summed E-state index contributed by atoms with van der Waals surface area (Å²) in [5.74, 6) is 2.25. The first-order chi connectivity index (χ1) is 11.8. The molecule has 2 rings (SSSR count). The number of benzene rings is 1. The van der Waals surface area contributed by atoms with Crippen molar-refractivity contribution in [3.05, 3.63) is 51.6 Å². The summed E-state index contributed by atoms with van der Waals surface area (Å²) in [5.41, 5.74) is 2.15. The molecule has 1 aromatic heterocycles. The van der Waals surface area contributed by atoms with Crippen molar-refractivity contribution in [1.29, 1.82) is 0 Å². The highest BCUT2D eigenvalue weighted by Crippen LogP contribution is 2.25. The number of guanidine groups is 1. The summed E-state index contributed by atoms with van der Waals surface area (Å²) < 4.78 is 6.68. The molecule has 7 heteroatoms. The molecule has 0 saturated carbocycles. The highest BCUT2D eigenvalue weighted by atomic mass is 127. The molecule has 0 saturated heterocycles. The molecule has 0 unspecified atom stereocenters. The van der Waals surface area contributed by atoms with Gasteiger partial charge in [-0.2, -0.15) is 0 Å². The van der Waals surface area contributed by atoms with Crippen LogP contribution in [-0.2, 0) is 12.0 Å². The third-order valence-electron chi connectivity index (χ3n) is 4.09. The lowest BCUT2D eigenvalue weighted by atomic mass is 9.85. The molecule has 0 radical (unpaired) electrons. The molecule has 0 fully saturated rings. The Morgan fingerprint density at radius 1 is 1.27 bits per heavy atom. The third kappa shape index (κ3) is 6.57. The van der Waals surface area contributed by atoms with Gasteiger partial charge in [-0.05, 0) is 38.5 Å². The predicted molar refractivity (Wildman–Crippen MR) is 121 cm³/mol. The fourth-order valence-corrected chi connectivity index (χ4v) is 2.81. The van der Waals surface area contributed by atoms with E-state index >= 15 is 0 Å². The minimum Gasteiger partial charge on any atom is -0.444 e. The Kier molecular flexibility index (Phi) is 9.09. The van der Waals surface area contributed by atoms with Crippen LogP contribution < -0.4 is 10.6 Å². The molecule has 0 aliphatic rings. The number of aromatic nitrogens is 1. The van der Waals surface area contributed by atoms with E-state index in [0.29, 0.717) is 12.4 Å². The number of hydrogen-bond donors (Lipinski definition) is 2. The summed E-state index contributed by atoms with van der Waals surface area (Å²) >= 11 is 3.54. The number of hydrogen-bond acceptors (Lipinski definition) is 3. The highest BCUT2D eigenvalue weighted by molar-refractivity contribution is 14.0. The smallest absolute Gasteiger partial charge is 0.216 e. The van der Waals surface area contributed by atoms with E-state index in [2.05, 4.69) is 75.5 Å². The van der Waals surface area contributed by atoms with Crippen LogP contribution in [0.5, 0.6) is 0 Å². The first-order valence-electron chi connectivity index (χ1n) is 8.53. The maximum absolute atomic E-state index is 5.59. The molecular formula is C19H28BrIN4O. The summed E-state index contributed by atoms with van der Waals surface area (Å²) in [6.07, 6.45) is 0. The Bertz CT molecular complexity index is 723. The van der Waals surface area contributed by atoms with Crippen molar-refractivity contribution in [2.24, 2.45) is 4.99 Å². The number of nitrogens with one attached hydrogen (secondary N) is 2. The van der Waals surface area contributed by atoms with Gasteiger partial charge in [0.2, 0.25) is 5.89 Å². The van der Waals surface area contributed by atoms with Crippen LogP contribution in [0.15, 0.2) is 38.1 Å². The zero-order valence-electron chi connectivity index (χ0n) is 16.0. The van der Waals surface area contributed by atoms with Gasteiger partial charge in [0.05, 0.1) is 5.69 Å². The van der Waals surface area contributed by atoms with Crippen molar-refractivity contribution in [1.82, 2.24) is 15.6 Å². The topological polar surface area (TPSA) is 62.5 Å². The zero-order valence-corrected chi connectivity index (χ0v) is 19.9. The molecule has 5 nitrogen and oxygen atoms in total. The van der Waals surface area contributed by atoms with Crippen LogP contribution in [0.2, 0.25) is 0 Å². The lowest BCUT2D eigenvalue weighted by Gasteiger charge is -2.27. The molecule has 0 spiro atoms. The zero-order chi connectivity index (χ0) is 18.4. The van der Waals surface area contributed by atoms with E-state index in [0.717, 1.165) is 35.0 Å². The van der Waals surface area contributed by atoms with E-state index < -0.39 is 0 Å². The standard InChI is InChI=1S/C19H27BrN4O.HI/c1-6-21-18(22-11-17-24-13(2)14(3)25-17)23-12-19(4,5)15-8-7-9-16(20)10-15;/h7-10H,6,11-12H2,1-5H3,(H2,21,22,23);1H. The van der Waals surface area contributed by atoms with Crippen molar-refractivity contribution < 1.29 is 4.42 Å². The van der Waals surface area contributed by atoms with Gasteiger partial charge in [-0.3, -0.25) is 0 Å². The molecule has 0 atom stereocenters. The van der Waals surface area contributed by atoms with Gasteiger partial charge in [0.1, 0.15) is 12.3 Å². The van der Waals surface area contributed by atoms with E-state index in [1.165, 1.54) is 5.56 Å². The van der Waals surface area contributed by atoms with Gasteiger partial charge >= 0.3 is 0 Å². The lowest BCUT2D eigenvalue weighted by molar-refractivity contribution is 0.471. The van der Waals surface area contributed by atoms with Crippen molar-refractivity contribution in [3.8, 4) is 0 Å². The van der Waals surface area contributed by atoms with E-state index in [4.69, 9.17) is 4.42 Å². The van der Waals surface area contributed by atoms with Crippen LogP contribution >= 0.6 is 39.9 Å². The number of aliphatic imine (C=N–C) groups is 1. The Morgan fingerprint density at radius 2 is 2.00 bits per heavy atom. The molecular weight excluding hydrogens is 507 g/mol. The molecule has 0 bridgehead atoms. The van der Waals surface area contributed by atoms with E-state index in [9.17, 15) is 0 Å². The fourth-order valence-electron chi connectivity index (χ4n) is 2.41. The number of oxazole rings is 1. The SMILES string of the molecule is CCNC(=NCc1nc(C)c(C)o1)NCC(C)(C)c1cccc(Br)c1.I. The van der Waals surface area contributed by atoms with Crippen molar-refractivity contribution in [2.75, 3.05) is 13.1 Å². The van der Waals surface area contributed by atoms with Crippen molar-refractivity contribution >= 4 is 45.9 Å². The molecule has 144 valence electrons. The average molecular weight is 535 g/mol. The van der Waals surface area contributed by atoms with Gasteiger partial charge in [-0.25, -0.2) is 9.98 Å². The number of halogens is 2. The molecule has 2 aromatic rings. The van der Waals surface area contributed by atoms with Crippen molar-refractivity contribution in [2.45, 2.75) is 46.6 Å². The largest absolute Gasteiger partial charge is 0.444 e. The van der Waals surface area contributed by atoms with Crippen LogP contribution in [0.25, 0.3) is 0 Å². The third-order valence-corrected chi connectivity index (χ3v) is 4.59. The van der Waals surface area contributed by atoms with Gasteiger partial charge in [0.15, 0.2) is 5.96 Å². The van der Waals surface area contributed by atoms with Gasteiger partial charge in [-0.1, -0.05) is 41.9 Å². The number of nitrogens with zero attached hydrogens (tertiary/aromatic N) is 2. The fraction of sp³-hybridized carbons (Fsp3) is 0.474. The summed E-state index contributed by atoms with van der Waals surface area (Å²) in [5, 5.41) is 6.69. The van der Waals surface area contributed by atoms with E-state index in [1.54, 1.807) is 0 Å². The minimum absolute atomic E-state index is 0. The normalized spacial score (nSPS) is 11.8. The Morgan fingerprint density at radius 3 is 2.58 bits per heavy atom. The second kappa shape index (κ2) is 10.3. The molecule has 1 heterocycles. The quantitative estimate of drug-likeness (QED) is 0.320.